The van der Waals surface area contributed by atoms with Gasteiger partial charge in [0.2, 0.25) is 11.8 Å². The van der Waals surface area contributed by atoms with E-state index in [9.17, 15) is 9.59 Å². The van der Waals surface area contributed by atoms with Crippen LogP contribution in [0.15, 0.2) is 73.1 Å². The standard InChI is InChI=1S/C25H26N6O3/c1-18-7-5-9-20(15-18)31(23(32)17-30-22-11-4-3-10-21(22)28-29-30)24(19-8-6-12-26-16-19)25(33)27-13-14-34-2/h3-12,15-16,24H,13-14,17H2,1-2H3,(H,27,33)/t24-/m0/s1. The van der Waals surface area contributed by atoms with Gasteiger partial charge in [-0.15, -0.1) is 5.10 Å². The lowest BCUT2D eigenvalue weighted by atomic mass is 10.0. The van der Waals surface area contributed by atoms with Crippen LogP contribution >= 0.6 is 0 Å². The number of rotatable bonds is 9. The molecule has 1 N–H and O–H groups in total. The van der Waals surface area contributed by atoms with Gasteiger partial charge in [-0.25, -0.2) is 4.68 Å². The number of methoxy groups -OCH3 is 1. The lowest BCUT2D eigenvalue weighted by Gasteiger charge is -2.31. The van der Waals surface area contributed by atoms with E-state index in [-0.39, 0.29) is 18.4 Å². The second-order valence-corrected chi connectivity index (χ2v) is 7.81. The molecule has 0 bridgehead atoms. The van der Waals surface area contributed by atoms with Crippen LogP contribution in [0.1, 0.15) is 17.2 Å². The zero-order valence-electron chi connectivity index (χ0n) is 19.1. The van der Waals surface area contributed by atoms with Crippen molar-refractivity contribution >= 4 is 28.5 Å². The maximum absolute atomic E-state index is 13.8. The maximum Gasteiger partial charge on any atom is 0.249 e. The Hall–Kier alpha value is -4.11. The third-order valence-electron chi connectivity index (χ3n) is 5.37. The molecule has 0 unspecified atom stereocenters. The van der Waals surface area contributed by atoms with Crippen LogP contribution in [0.4, 0.5) is 5.69 Å². The van der Waals surface area contributed by atoms with Gasteiger partial charge in [0.05, 0.1) is 12.1 Å². The summed E-state index contributed by atoms with van der Waals surface area (Å²) in [6.07, 6.45) is 3.23. The molecule has 0 saturated carbocycles. The number of nitrogens with zero attached hydrogens (tertiary/aromatic N) is 5. The number of fused-ring (bicyclic) bond motifs is 1. The lowest BCUT2D eigenvalue weighted by molar-refractivity contribution is -0.127. The van der Waals surface area contributed by atoms with Crippen molar-refractivity contribution in [3.8, 4) is 0 Å². The molecule has 174 valence electrons. The van der Waals surface area contributed by atoms with Crippen LogP contribution < -0.4 is 10.2 Å². The topological polar surface area (TPSA) is 102 Å². The third kappa shape index (κ3) is 5.10. The highest BCUT2D eigenvalue weighted by Crippen LogP contribution is 2.29. The van der Waals surface area contributed by atoms with Gasteiger partial charge in [0, 0.05) is 37.3 Å². The Bertz CT molecular complexity index is 1270. The first-order valence-corrected chi connectivity index (χ1v) is 10.9. The molecule has 4 aromatic rings. The summed E-state index contributed by atoms with van der Waals surface area (Å²) in [6, 6.07) is 17.5. The highest BCUT2D eigenvalue weighted by molar-refractivity contribution is 6.01. The molecule has 9 nitrogen and oxygen atoms in total. The average Bonchev–Trinajstić information content (AvgIpc) is 3.25. The first kappa shape index (κ1) is 23.1. The normalized spacial score (nSPS) is 11.8. The predicted molar refractivity (Wildman–Crippen MR) is 128 cm³/mol. The van der Waals surface area contributed by atoms with Crippen LogP contribution in [0.25, 0.3) is 11.0 Å². The summed E-state index contributed by atoms with van der Waals surface area (Å²) in [6.45, 7) is 2.52. The number of aryl methyl sites for hydroxylation is 1. The fourth-order valence-corrected chi connectivity index (χ4v) is 3.78. The third-order valence-corrected chi connectivity index (χ3v) is 5.37. The van der Waals surface area contributed by atoms with Gasteiger partial charge in [-0.3, -0.25) is 19.5 Å². The Morgan fingerprint density at radius 1 is 1.12 bits per heavy atom. The number of anilines is 1. The van der Waals surface area contributed by atoms with Gasteiger partial charge >= 0.3 is 0 Å². The summed E-state index contributed by atoms with van der Waals surface area (Å²) >= 11 is 0. The summed E-state index contributed by atoms with van der Waals surface area (Å²) in [5.74, 6) is -0.639. The maximum atomic E-state index is 13.8. The predicted octanol–water partition coefficient (Wildman–Crippen LogP) is 2.67. The van der Waals surface area contributed by atoms with Crippen molar-refractivity contribution < 1.29 is 14.3 Å². The number of hydrogen-bond donors (Lipinski definition) is 1. The molecule has 0 radical (unpaired) electrons. The van der Waals surface area contributed by atoms with Crippen molar-refractivity contribution in [1.82, 2.24) is 25.3 Å². The van der Waals surface area contributed by atoms with Crippen molar-refractivity contribution in [1.29, 1.82) is 0 Å². The van der Waals surface area contributed by atoms with Gasteiger partial charge < -0.3 is 10.1 Å². The number of aromatic nitrogens is 4. The van der Waals surface area contributed by atoms with Gasteiger partial charge in [0.25, 0.3) is 0 Å². The monoisotopic (exact) mass is 458 g/mol. The molecule has 0 saturated heterocycles. The van der Waals surface area contributed by atoms with Crippen molar-refractivity contribution in [3.63, 3.8) is 0 Å². The van der Waals surface area contributed by atoms with Crippen molar-refractivity contribution in [2.45, 2.75) is 19.5 Å². The van der Waals surface area contributed by atoms with E-state index in [2.05, 4.69) is 20.6 Å². The Kier molecular flexibility index (Phi) is 7.24. The molecule has 9 heteroatoms. The molecule has 4 rings (SSSR count). The van der Waals surface area contributed by atoms with Gasteiger partial charge in [-0.2, -0.15) is 0 Å². The molecule has 34 heavy (non-hydrogen) atoms. The van der Waals surface area contributed by atoms with Crippen molar-refractivity contribution in [2.24, 2.45) is 0 Å². The van der Waals surface area contributed by atoms with E-state index in [0.29, 0.717) is 29.9 Å². The first-order chi connectivity index (χ1) is 16.6. The van der Waals surface area contributed by atoms with E-state index in [1.165, 1.54) is 4.90 Å². The molecular formula is C25H26N6O3. The van der Waals surface area contributed by atoms with E-state index >= 15 is 0 Å². The van der Waals surface area contributed by atoms with Crippen LogP contribution in [0.5, 0.6) is 0 Å². The molecule has 0 aliphatic rings. The van der Waals surface area contributed by atoms with Crippen LogP contribution in [-0.2, 0) is 20.9 Å². The van der Waals surface area contributed by atoms with E-state index < -0.39 is 6.04 Å². The fraction of sp³-hybridized carbons (Fsp3) is 0.240. The largest absolute Gasteiger partial charge is 0.383 e. The zero-order valence-corrected chi connectivity index (χ0v) is 19.1. The zero-order chi connectivity index (χ0) is 23.9. The Balaban J connectivity index is 1.76. The lowest BCUT2D eigenvalue weighted by Crippen LogP contribution is -2.46. The number of para-hydroxylation sites is 1. The molecule has 0 aliphatic carbocycles. The second-order valence-electron chi connectivity index (χ2n) is 7.81. The number of pyridine rings is 1. The summed E-state index contributed by atoms with van der Waals surface area (Å²) < 4.78 is 6.62. The molecule has 2 aromatic carbocycles. The number of carbonyl (C=O) groups excluding carboxylic acids is 2. The number of carbonyl (C=O) groups is 2. The Morgan fingerprint density at radius 2 is 1.97 bits per heavy atom. The fourth-order valence-electron chi connectivity index (χ4n) is 3.78. The minimum Gasteiger partial charge on any atom is -0.383 e. The van der Waals surface area contributed by atoms with Gasteiger partial charge in [0.1, 0.15) is 18.1 Å². The van der Waals surface area contributed by atoms with Crippen LogP contribution in [0, 0.1) is 6.92 Å². The number of amides is 2. The molecule has 2 aromatic heterocycles. The summed E-state index contributed by atoms with van der Waals surface area (Å²) in [5, 5.41) is 11.2. The van der Waals surface area contributed by atoms with E-state index in [1.54, 1.807) is 36.3 Å². The van der Waals surface area contributed by atoms with Gasteiger partial charge in [-0.05, 0) is 42.8 Å². The highest BCUT2D eigenvalue weighted by Gasteiger charge is 2.33. The van der Waals surface area contributed by atoms with E-state index in [0.717, 1.165) is 11.1 Å². The minimum absolute atomic E-state index is 0.0867. The smallest absolute Gasteiger partial charge is 0.249 e. The first-order valence-electron chi connectivity index (χ1n) is 10.9. The second kappa shape index (κ2) is 10.7. The summed E-state index contributed by atoms with van der Waals surface area (Å²) in [4.78, 5) is 32.9. The van der Waals surface area contributed by atoms with Crippen molar-refractivity contribution in [3.05, 3.63) is 84.2 Å². The number of nitrogens with one attached hydrogen (secondary N) is 1. The van der Waals surface area contributed by atoms with Crippen LogP contribution in [0.2, 0.25) is 0 Å². The Morgan fingerprint density at radius 3 is 2.74 bits per heavy atom. The highest BCUT2D eigenvalue weighted by atomic mass is 16.5. The molecule has 0 aliphatic heterocycles. The molecule has 2 amide bonds. The molecule has 1 atom stereocenters. The molecule has 0 spiro atoms. The van der Waals surface area contributed by atoms with Crippen LogP contribution in [0.3, 0.4) is 0 Å². The van der Waals surface area contributed by atoms with Crippen LogP contribution in [-0.4, -0.2) is 52.1 Å². The van der Waals surface area contributed by atoms with E-state index in [4.69, 9.17) is 4.74 Å². The average molecular weight is 459 g/mol. The van der Waals surface area contributed by atoms with Gasteiger partial charge in [0.15, 0.2) is 0 Å². The van der Waals surface area contributed by atoms with Crippen molar-refractivity contribution in [2.75, 3.05) is 25.2 Å². The van der Waals surface area contributed by atoms with E-state index in [1.807, 2.05) is 55.5 Å². The quantitative estimate of drug-likeness (QED) is 0.387. The summed E-state index contributed by atoms with van der Waals surface area (Å²) in [5.41, 5.74) is 3.59. The summed E-state index contributed by atoms with van der Waals surface area (Å²) in [7, 11) is 1.57. The SMILES string of the molecule is COCCNC(=O)[C@H](c1cccnc1)N(C(=O)Cn1nnc2ccccc21)c1cccc(C)c1. The molecular weight excluding hydrogens is 432 g/mol. The number of ether oxygens (including phenoxy) is 1. The Labute approximate surface area is 197 Å². The minimum atomic E-state index is -0.936. The molecule has 2 heterocycles. The van der Waals surface area contributed by atoms with Gasteiger partial charge in [-0.1, -0.05) is 35.5 Å². The number of hydrogen-bond acceptors (Lipinski definition) is 6. The number of benzene rings is 2. The molecule has 0 fully saturated rings.